The van der Waals surface area contributed by atoms with Gasteiger partial charge in [0.05, 0.1) is 12.6 Å². The van der Waals surface area contributed by atoms with Crippen LogP contribution in [0.3, 0.4) is 0 Å². The first-order chi connectivity index (χ1) is 18.9. The van der Waals surface area contributed by atoms with Crippen LogP contribution in [0.25, 0.3) is 0 Å². The van der Waals surface area contributed by atoms with Crippen molar-refractivity contribution in [2.24, 2.45) is 17.2 Å². The Hall–Kier alpha value is -1.53. The van der Waals surface area contributed by atoms with E-state index < -0.39 is 98.4 Å². The number of carbonyl (C=O) groups is 1. The van der Waals surface area contributed by atoms with Gasteiger partial charge in [0.25, 0.3) is 0 Å². The molecule has 230 valence electrons. The quantitative estimate of drug-likeness (QED) is 0.0849. The van der Waals surface area contributed by atoms with Crippen LogP contribution in [0.15, 0.2) is 0 Å². The topological polar surface area (TPSA) is 286 Å². The van der Waals surface area contributed by atoms with E-state index in [1.807, 2.05) is 0 Å². The second-order valence-corrected chi connectivity index (χ2v) is 10.4. The van der Waals surface area contributed by atoms with Gasteiger partial charge in [-0.15, -0.1) is 12.3 Å². The highest BCUT2D eigenvalue weighted by atomic mass is 16.7. The van der Waals surface area contributed by atoms with Gasteiger partial charge in [0.2, 0.25) is 5.91 Å². The van der Waals surface area contributed by atoms with Crippen LogP contribution in [0, 0.1) is 12.3 Å². The molecule has 1 saturated carbocycles. The van der Waals surface area contributed by atoms with Gasteiger partial charge in [-0.2, -0.15) is 0 Å². The van der Waals surface area contributed by atoms with Crippen molar-refractivity contribution in [3.63, 3.8) is 0 Å². The lowest BCUT2D eigenvalue weighted by atomic mass is 9.84. The number of hydrogen-bond acceptors (Lipinski definition) is 15. The highest BCUT2D eigenvalue weighted by molar-refractivity contribution is 5.75. The summed E-state index contributed by atoms with van der Waals surface area (Å²) in [5.74, 6) is 2.07. The highest BCUT2D eigenvalue weighted by Crippen LogP contribution is 2.31. The summed E-state index contributed by atoms with van der Waals surface area (Å²) in [5, 5.41) is 74.9. The zero-order chi connectivity index (χ0) is 29.7. The Bertz CT molecular complexity index is 864. The molecular formula is C24H42N4O12. The largest absolute Gasteiger partial charge is 0.394 e. The summed E-state index contributed by atoms with van der Waals surface area (Å²) in [6.45, 7) is -0.834. The van der Waals surface area contributed by atoms with E-state index in [1.165, 1.54) is 0 Å². The van der Waals surface area contributed by atoms with Crippen LogP contribution < -0.4 is 22.5 Å². The highest BCUT2D eigenvalue weighted by Gasteiger charge is 2.51. The number of carbonyl (C=O) groups excluding carboxylic acids is 1. The fourth-order valence-electron chi connectivity index (χ4n) is 5.03. The number of nitrogens with two attached hydrogens (primary N) is 3. The number of rotatable bonds is 10. The van der Waals surface area contributed by atoms with Crippen LogP contribution in [0.2, 0.25) is 0 Å². The Morgan fingerprint density at radius 1 is 0.850 bits per heavy atom. The first kappa shape index (κ1) is 33.0. The van der Waals surface area contributed by atoms with Gasteiger partial charge in [-0.25, -0.2) is 0 Å². The number of ether oxygens (including phenoxy) is 4. The zero-order valence-corrected chi connectivity index (χ0v) is 21.9. The lowest BCUT2D eigenvalue weighted by Gasteiger charge is -2.48. The van der Waals surface area contributed by atoms with Crippen LogP contribution in [0.5, 0.6) is 0 Å². The van der Waals surface area contributed by atoms with E-state index in [1.54, 1.807) is 0 Å². The molecule has 16 nitrogen and oxygen atoms in total. The molecule has 1 amide bonds. The zero-order valence-electron chi connectivity index (χ0n) is 21.9. The molecule has 3 fully saturated rings. The first-order valence-electron chi connectivity index (χ1n) is 13.2. The summed E-state index contributed by atoms with van der Waals surface area (Å²) in [5.41, 5.74) is 18.1. The van der Waals surface area contributed by atoms with Gasteiger partial charge in [0.1, 0.15) is 61.0 Å². The monoisotopic (exact) mass is 578 g/mol. The Morgan fingerprint density at radius 2 is 1.43 bits per heavy atom. The molecule has 3 aliphatic rings. The normalized spacial score (nSPS) is 46.0. The molecule has 1 aliphatic carbocycles. The van der Waals surface area contributed by atoms with Crippen molar-refractivity contribution in [2.45, 2.75) is 117 Å². The third-order valence-corrected chi connectivity index (χ3v) is 7.48. The molecule has 2 heterocycles. The van der Waals surface area contributed by atoms with Gasteiger partial charge >= 0.3 is 0 Å². The number of unbranched alkanes of at least 4 members (excludes halogenated alkanes) is 1. The molecule has 0 aromatic carbocycles. The lowest BCUT2D eigenvalue weighted by molar-refractivity contribution is -0.332. The standard InChI is InChI=1S/C24H42N4O12/c1-2-3-4-5-13(30)28-7-11-16(32)18(34)19(35)24(37-11)40-22-10(26)6-9(25)21(20(22)36)39-23-17(33)14(27)15(31)12(8-29)38-23/h1,9-12,14-24,29,31-36H,3-8,25-27H2,(H,28,30)/t9-,10?,11?,12?,14?,15+,16-,17?,18+,19?,20-,21?,22-,23+,24-/m1/s1. The Kier molecular flexibility index (Phi) is 12.0. The number of aliphatic hydroxyl groups is 7. The summed E-state index contributed by atoms with van der Waals surface area (Å²) in [7, 11) is 0. The molecule has 15 atom stereocenters. The van der Waals surface area contributed by atoms with E-state index >= 15 is 0 Å². The van der Waals surface area contributed by atoms with E-state index in [0.29, 0.717) is 12.8 Å². The molecule has 0 radical (unpaired) electrons. The summed E-state index contributed by atoms with van der Waals surface area (Å²) in [6.07, 6.45) is -11.2. The van der Waals surface area contributed by atoms with Crippen LogP contribution in [0.4, 0.5) is 0 Å². The Morgan fingerprint density at radius 3 is 2.00 bits per heavy atom. The minimum Gasteiger partial charge on any atom is -0.394 e. The van der Waals surface area contributed by atoms with Crippen LogP contribution in [0.1, 0.15) is 25.7 Å². The second-order valence-electron chi connectivity index (χ2n) is 10.4. The summed E-state index contributed by atoms with van der Waals surface area (Å²) < 4.78 is 22.6. The molecule has 40 heavy (non-hydrogen) atoms. The van der Waals surface area contributed by atoms with E-state index in [2.05, 4.69) is 11.2 Å². The third kappa shape index (κ3) is 7.45. The molecule has 0 aromatic heterocycles. The molecule has 2 saturated heterocycles. The maximum Gasteiger partial charge on any atom is 0.220 e. The summed E-state index contributed by atoms with van der Waals surface area (Å²) in [6, 6.07) is -3.00. The van der Waals surface area contributed by atoms with Crippen molar-refractivity contribution in [3.05, 3.63) is 0 Å². The van der Waals surface area contributed by atoms with Crippen molar-refractivity contribution in [1.29, 1.82) is 0 Å². The third-order valence-electron chi connectivity index (χ3n) is 7.48. The average molecular weight is 579 g/mol. The number of nitrogens with one attached hydrogen (secondary N) is 1. The predicted molar refractivity (Wildman–Crippen MR) is 134 cm³/mol. The minimum absolute atomic E-state index is 0.0401. The van der Waals surface area contributed by atoms with Gasteiger partial charge in [-0.1, -0.05) is 0 Å². The smallest absolute Gasteiger partial charge is 0.220 e. The van der Waals surface area contributed by atoms with Gasteiger partial charge in [0, 0.05) is 31.5 Å². The van der Waals surface area contributed by atoms with Crippen LogP contribution in [-0.2, 0) is 23.7 Å². The van der Waals surface area contributed by atoms with Gasteiger partial charge in [-0.3, -0.25) is 4.79 Å². The van der Waals surface area contributed by atoms with E-state index in [0.717, 1.165) is 0 Å². The number of amides is 1. The van der Waals surface area contributed by atoms with Crippen molar-refractivity contribution in [2.75, 3.05) is 13.2 Å². The number of terminal acetylenes is 1. The average Bonchev–Trinajstić information content (AvgIpc) is 2.92. The number of aliphatic hydroxyl groups excluding tert-OH is 7. The molecular weight excluding hydrogens is 536 g/mol. The fraction of sp³-hybridized carbons (Fsp3) is 0.875. The maximum atomic E-state index is 12.0. The molecule has 7 unspecified atom stereocenters. The van der Waals surface area contributed by atoms with Gasteiger partial charge in [0.15, 0.2) is 12.6 Å². The van der Waals surface area contributed by atoms with Gasteiger partial charge in [-0.05, 0) is 12.8 Å². The second kappa shape index (κ2) is 14.6. The van der Waals surface area contributed by atoms with E-state index in [9.17, 15) is 40.5 Å². The molecule has 0 spiro atoms. The van der Waals surface area contributed by atoms with E-state index in [-0.39, 0.29) is 25.3 Å². The van der Waals surface area contributed by atoms with Crippen molar-refractivity contribution in [1.82, 2.24) is 5.32 Å². The Labute approximate surface area is 231 Å². The molecule has 2 aliphatic heterocycles. The van der Waals surface area contributed by atoms with Crippen molar-refractivity contribution >= 4 is 5.91 Å². The van der Waals surface area contributed by atoms with Crippen LogP contribution in [-0.4, -0.2) is 147 Å². The molecule has 14 N–H and O–H groups in total. The SMILES string of the molecule is C#CCCCC(=O)NCC1O[C@H](O[C@@H]2C(N)C[C@@H](N)C(O[C@@H]3OC(CO)[C@H](O)C(N)C3O)[C@H]2O)C(O)[C@@H](O)[C@@H]1O. The predicted octanol–water partition coefficient (Wildman–Crippen LogP) is -6.33. The molecule has 3 rings (SSSR count). The minimum atomic E-state index is -1.75. The van der Waals surface area contributed by atoms with Crippen molar-refractivity contribution < 1.29 is 59.5 Å². The van der Waals surface area contributed by atoms with Crippen LogP contribution >= 0.6 is 0 Å². The first-order valence-corrected chi connectivity index (χ1v) is 13.2. The maximum absolute atomic E-state index is 12.0. The van der Waals surface area contributed by atoms with Gasteiger partial charge < -0.3 is 77.2 Å². The van der Waals surface area contributed by atoms with E-state index in [4.69, 9.17) is 42.6 Å². The fourth-order valence-corrected chi connectivity index (χ4v) is 5.03. The lowest BCUT2D eigenvalue weighted by Crippen LogP contribution is -2.68. The summed E-state index contributed by atoms with van der Waals surface area (Å²) >= 11 is 0. The molecule has 0 bridgehead atoms. The molecule has 16 heteroatoms. The number of hydrogen-bond donors (Lipinski definition) is 11. The molecule has 0 aromatic rings. The summed E-state index contributed by atoms with van der Waals surface area (Å²) in [4.78, 5) is 12.0. The van der Waals surface area contributed by atoms with Crippen molar-refractivity contribution in [3.8, 4) is 12.3 Å². The Balaban J connectivity index is 1.67.